The normalized spacial score (nSPS) is 12.6. The van der Waals surface area contributed by atoms with Gasteiger partial charge in [0, 0.05) is 12.6 Å². The van der Waals surface area contributed by atoms with E-state index in [1.54, 1.807) is 18.2 Å². The molecule has 5 nitrogen and oxygen atoms in total. The van der Waals surface area contributed by atoms with Crippen LogP contribution in [-0.2, 0) is 10.0 Å². The fourth-order valence-electron chi connectivity index (χ4n) is 1.86. The van der Waals surface area contributed by atoms with E-state index < -0.39 is 21.9 Å². The molecule has 22 heavy (non-hydrogen) atoms. The predicted octanol–water partition coefficient (Wildman–Crippen LogP) is 1.68. The molecule has 0 aromatic heterocycles. The summed E-state index contributed by atoms with van der Waals surface area (Å²) in [5, 5.41) is 8.75. The number of sulfonamides is 1. The summed E-state index contributed by atoms with van der Waals surface area (Å²) >= 11 is 0. The summed E-state index contributed by atoms with van der Waals surface area (Å²) in [7, 11) is -3.86. The van der Waals surface area contributed by atoms with Gasteiger partial charge < -0.3 is 5.73 Å². The van der Waals surface area contributed by atoms with Gasteiger partial charge in [-0.3, -0.25) is 0 Å². The number of nitrogens with zero attached hydrogens (tertiary/aromatic N) is 1. The molecule has 0 bridgehead atoms. The van der Waals surface area contributed by atoms with Crippen LogP contribution in [0.3, 0.4) is 0 Å². The first-order valence-corrected chi connectivity index (χ1v) is 7.92. The lowest BCUT2D eigenvalue weighted by molar-refractivity contribution is 0.571. The van der Waals surface area contributed by atoms with Gasteiger partial charge in [-0.1, -0.05) is 30.3 Å². The summed E-state index contributed by atoms with van der Waals surface area (Å²) in [6, 6.07) is 13.2. The van der Waals surface area contributed by atoms with Crippen LogP contribution in [0.2, 0.25) is 0 Å². The molecule has 114 valence electrons. The quantitative estimate of drug-likeness (QED) is 0.876. The molecule has 2 rings (SSSR count). The SMILES string of the molecule is N#Cc1cc(S(=O)(=O)NC[C@H](N)c2ccccc2)ccc1F. The lowest BCUT2D eigenvalue weighted by Gasteiger charge is -2.13. The van der Waals surface area contributed by atoms with Gasteiger partial charge in [0.2, 0.25) is 10.0 Å². The lowest BCUT2D eigenvalue weighted by atomic mass is 10.1. The molecule has 0 fully saturated rings. The molecule has 0 saturated carbocycles. The second kappa shape index (κ2) is 6.66. The van der Waals surface area contributed by atoms with Crippen molar-refractivity contribution < 1.29 is 12.8 Å². The summed E-state index contributed by atoms with van der Waals surface area (Å²) < 4.78 is 39.9. The Morgan fingerprint density at radius 2 is 1.91 bits per heavy atom. The number of nitriles is 1. The van der Waals surface area contributed by atoms with Crippen molar-refractivity contribution in [3.05, 3.63) is 65.5 Å². The van der Waals surface area contributed by atoms with E-state index in [0.717, 1.165) is 23.8 Å². The molecule has 0 saturated heterocycles. The van der Waals surface area contributed by atoms with Gasteiger partial charge >= 0.3 is 0 Å². The topological polar surface area (TPSA) is 96.0 Å². The molecule has 1 atom stereocenters. The Kier molecular flexibility index (Phi) is 4.88. The molecule has 7 heteroatoms. The Hall–Kier alpha value is -2.27. The van der Waals surface area contributed by atoms with Crippen LogP contribution in [0.25, 0.3) is 0 Å². The van der Waals surface area contributed by atoms with Crippen LogP contribution >= 0.6 is 0 Å². The third-order valence-electron chi connectivity index (χ3n) is 3.09. The number of nitrogens with one attached hydrogen (secondary N) is 1. The van der Waals surface area contributed by atoms with E-state index in [4.69, 9.17) is 11.0 Å². The van der Waals surface area contributed by atoms with Crippen molar-refractivity contribution in [1.82, 2.24) is 4.72 Å². The average Bonchev–Trinajstić information content (AvgIpc) is 2.53. The summed E-state index contributed by atoms with van der Waals surface area (Å²) in [4.78, 5) is -0.175. The Morgan fingerprint density at radius 3 is 2.55 bits per heavy atom. The minimum absolute atomic E-state index is 0.00832. The van der Waals surface area contributed by atoms with Crippen LogP contribution in [-0.4, -0.2) is 15.0 Å². The standard InChI is InChI=1S/C15H14FN3O2S/c16-14-7-6-13(8-12(14)9-17)22(20,21)19-10-15(18)11-4-2-1-3-5-11/h1-8,15,19H,10,18H2/t15-/m0/s1. The van der Waals surface area contributed by atoms with E-state index in [9.17, 15) is 12.8 Å². The average molecular weight is 319 g/mol. The molecule has 2 aromatic carbocycles. The first-order chi connectivity index (χ1) is 10.4. The molecule has 0 aliphatic heterocycles. The van der Waals surface area contributed by atoms with Crippen LogP contribution < -0.4 is 10.5 Å². The van der Waals surface area contributed by atoms with E-state index >= 15 is 0 Å². The van der Waals surface area contributed by atoms with Gasteiger partial charge in [-0.2, -0.15) is 5.26 Å². The molecule has 2 aromatic rings. The monoisotopic (exact) mass is 319 g/mol. The Morgan fingerprint density at radius 1 is 1.23 bits per heavy atom. The van der Waals surface area contributed by atoms with Crippen molar-refractivity contribution in [1.29, 1.82) is 5.26 Å². The van der Waals surface area contributed by atoms with Crippen molar-refractivity contribution in [2.75, 3.05) is 6.54 Å². The number of halogens is 1. The summed E-state index contributed by atoms with van der Waals surface area (Å²) in [5.74, 6) is -0.762. The van der Waals surface area contributed by atoms with Crippen LogP contribution in [0.1, 0.15) is 17.2 Å². The van der Waals surface area contributed by atoms with Crippen molar-refractivity contribution in [3.63, 3.8) is 0 Å². The number of hydrogen-bond acceptors (Lipinski definition) is 4. The second-order valence-corrected chi connectivity index (χ2v) is 6.39. The summed E-state index contributed by atoms with van der Waals surface area (Å²) in [6.07, 6.45) is 0. The molecule has 0 amide bonds. The lowest BCUT2D eigenvalue weighted by Crippen LogP contribution is -2.32. The molecular formula is C15H14FN3O2S. The van der Waals surface area contributed by atoms with Crippen molar-refractivity contribution in [2.45, 2.75) is 10.9 Å². The molecule has 0 radical (unpaired) electrons. The highest BCUT2D eigenvalue weighted by Crippen LogP contribution is 2.15. The fourth-order valence-corrected chi connectivity index (χ4v) is 2.94. The minimum atomic E-state index is -3.86. The summed E-state index contributed by atoms with van der Waals surface area (Å²) in [5.41, 5.74) is 6.39. The highest BCUT2D eigenvalue weighted by atomic mass is 32.2. The number of nitrogens with two attached hydrogens (primary N) is 1. The van der Waals surface area contributed by atoms with Gasteiger partial charge in [0.1, 0.15) is 11.9 Å². The minimum Gasteiger partial charge on any atom is -0.323 e. The largest absolute Gasteiger partial charge is 0.323 e. The van der Waals surface area contributed by atoms with E-state index in [1.807, 2.05) is 18.2 Å². The molecule has 0 aliphatic rings. The fraction of sp³-hybridized carbons (Fsp3) is 0.133. The van der Waals surface area contributed by atoms with Crippen molar-refractivity contribution >= 4 is 10.0 Å². The maximum atomic E-state index is 13.2. The third-order valence-corrected chi connectivity index (χ3v) is 4.51. The molecule has 0 heterocycles. The second-order valence-electron chi connectivity index (χ2n) is 4.62. The predicted molar refractivity (Wildman–Crippen MR) is 79.7 cm³/mol. The zero-order valence-corrected chi connectivity index (χ0v) is 12.3. The summed E-state index contributed by atoms with van der Waals surface area (Å²) in [6.45, 7) is -0.00832. The number of benzene rings is 2. The third kappa shape index (κ3) is 3.68. The van der Waals surface area contributed by atoms with Gasteiger partial charge in [-0.15, -0.1) is 0 Å². The highest BCUT2D eigenvalue weighted by Gasteiger charge is 2.17. The van der Waals surface area contributed by atoms with E-state index in [2.05, 4.69) is 4.72 Å². The maximum absolute atomic E-state index is 13.2. The number of rotatable bonds is 5. The number of hydrogen-bond donors (Lipinski definition) is 2. The zero-order chi connectivity index (χ0) is 16.2. The van der Waals surface area contributed by atoms with Gasteiger partial charge in [0.15, 0.2) is 0 Å². The highest BCUT2D eigenvalue weighted by molar-refractivity contribution is 7.89. The van der Waals surface area contributed by atoms with E-state index in [1.165, 1.54) is 0 Å². The Balaban J connectivity index is 2.13. The smallest absolute Gasteiger partial charge is 0.240 e. The van der Waals surface area contributed by atoms with Gasteiger partial charge in [-0.05, 0) is 23.8 Å². The van der Waals surface area contributed by atoms with Crippen LogP contribution in [0.5, 0.6) is 0 Å². The zero-order valence-electron chi connectivity index (χ0n) is 11.5. The molecule has 3 N–H and O–H groups in total. The van der Waals surface area contributed by atoms with E-state index in [-0.39, 0.29) is 17.0 Å². The first-order valence-electron chi connectivity index (χ1n) is 6.44. The van der Waals surface area contributed by atoms with Crippen molar-refractivity contribution in [2.24, 2.45) is 5.73 Å². The molecule has 0 unspecified atom stereocenters. The van der Waals surface area contributed by atoms with Crippen LogP contribution in [0.15, 0.2) is 53.4 Å². The van der Waals surface area contributed by atoms with E-state index in [0.29, 0.717) is 0 Å². The van der Waals surface area contributed by atoms with Gasteiger partial charge in [0.25, 0.3) is 0 Å². The molecule has 0 spiro atoms. The Bertz CT molecular complexity index is 801. The van der Waals surface area contributed by atoms with Crippen LogP contribution in [0.4, 0.5) is 4.39 Å². The first kappa shape index (κ1) is 16.1. The van der Waals surface area contributed by atoms with Crippen LogP contribution in [0, 0.1) is 17.1 Å². The maximum Gasteiger partial charge on any atom is 0.240 e. The molecule has 0 aliphatic carbocycles. The van der Waals surface area contributed by atoms with Gasteiger partial charge in [-0.25, -0.2) is 17.5 Å². The van der Waals surface area contributed by atoms with Gasteiger partial charge in [0.05, 0.1) is 10.5 Å². The van der Waals surface area contributed by atoms with Crippen molar-refractivity contribution in [3.8, 4) is 6.07 Å². The Labute approximate surface area is 128 Å². The molecular weight excluding hydrogens is 305 g/mol.